The van der Waals surface area contributed by atoms with E-state index in [4.69, 9.17) is 0 Å². The summed E-state index contributed by atoms with van der Waals surface area (Å²) in [5.41, 5.74) is 0. The van der Waals surface area contributed by atoms with E-state index < -0.39 is 0 Å². The second-order valence-electron chi connectivity index (χ2n) is 6.70. The molecule has 24 heavy (non-hydrogen) atoms. The normalized spacial score (nSPS) is 17.6. The van der Waals surface area contributed by atoms with Gasteiger partial charge in [0.05, 0.1) is 0 Å². The van der Waals surface area contributed by atoms with Gasteiger partial charge in [0.15, 0.2) is 11.8 Å². The number of hydrogen-bond acceptors (Lipinski definition) is 3. The minimum Gasteiger partial charge on any atom is -0.357 e. The highest BCUT2D eigenvalue weighted by Crippen LogP contribution is 2.28. The summed E-state index contributed by atoms with van der Waals surface area (Å²) in [7, 11) is 0. The summed E-state index contributed by atoms with van der Waals surface area (Å²) >= 11 is 0. The Balaban J connectivity index is 0.00000208. The molecule has 1 saturated carbocycles. The van der Waals surface area contributed by atoms with Gasteiger partial charge in [0, 0.05) is 26.1 Å². The lowest BCUT2D eigenvalue weighted by Gasteiger charge is -2.13. The van der Waals surface area contributed by atoms with Crippen molar-refractivity contribution in [3.05, 3.63) is 11.6 Å². The first-order chi connectivity index (χ1) is 11.4. The van der Waals surface area contributed by atoms with E-state index in [1.165, 1.54) is 44.9 Å². The van der Waals surface area contributed by atoms with Crippen molar-refractivity contribution in [1.82, 2.24) is 25.4 Å². The van der Waals surface area contributed by atoms with Crippen LogP contribution >= 0.6 is 24.0 Å². The summed E-state index contributed by atoms with van der Waals surface area (Å²) in [5, 5.41) is 15.3. The predicted octanol–water partition coefficient (Wildman–Crippen LogP) is 2.87. The summed E-state index contributed by atoms with van der Waals surface area (Å²) in [6.07, 6.45) is 10.6. The van der Waals surface area contributed by atoms with E-state index in [1.54, 1.807) is 0 Å². The number of aromatic nitrogens is 3. The van der Waals surface area contributed by atoms with E-state index in [0.717, 1.165) is 49.6 Å². The van der Waals surface area contributed by atoms with Gasteiger partial charge in [-0.1, -0.05) is 25.7 Å². The number of aliphatic imine (C=N–C) groups is 1. The van der Waals surface area contributed by atoms with Crippen LogP contribution in [0.4, 0.5) is 0 Å². The molecule has 1 aliphatic heterocycles. The number of aryl methyl sites for hydroxylation is 1. The molecule has 3 rings (SSSR count). The Bertz CT molecular complexity index is 521. The molecule has 1 aromatic heterocycles. The van der Waals surface area contributed by atoms with Crippen molar-refractivity contribution in [1.29, 1.82) is 0 Å². The van der Waals surface area contributed by atoms with Gasteiger partial charge in [-0.05, 0) is 32.1 Å². The Morgan fingerprint density at radius 3 is 2.83 bits per heavy atom. The van der Waals surface area contributed by atoms with Gasteiger partial charge in [0.2, 0.25) is 0 Å². The van der Waals surface area contributed by atoms with Crippen LogP contribution in [0.25, 0.3) is 0 Å². The Morgan fingerprint density at radius 2 is 2.04 bits per heavy atom. The quantitative estimate of drug-likeness (QED) is 0.293. The standard InChI is InChI=1S/C17H30N6.HI/c1-2-18-17(19-11-5-9-14-7-3-4-8-14)20-13-16-22-21-15-10-6-12-23(15)16;/h14H,2-13H2,1H3,(H2,18,19,20);1H. The minimum absolute atomic E-state index is 0. The molecule has 0 atom stereocenters. The Labute approximate surface area is 162 Å². The number of halogens is 1. The largest absolute Gasteiger partial charge is 0.357 e. The highest BCUT2D eigenvalue weighted by Gasteiger charge is 2.17. The fourth-order valence-electron chi connectivity index (χ4n) is 3.72. The fraction of sp³-hybridized carbons (Fsp3) is 0.824. The molecule has 2 N–H and O–H groups in total. The van der Waals surface area contributed by atoms with Gasteiger partial charge in [0.25, 0.3) is 0 Å². The maximum atomic E-state index is 4.67. The average molecular weight is 446 g/mol. The third-order valence-corrected chi connectivity index (χ3v) is 4.97. The summed E-state index contributed by atoms with van der Waals surface area (Å²) in [6, 6.07) is 0. The average Bonchev–Trinajstić information content (AvgIpc) is 3.27. The molecule has 7 heteroatoms. The van der Waals surface area contributed by atoms with Crippen LogP contribution in [0.5, 0.6) is 0 Å². The van der Waals surface area contributed by atoms with Gasteiger partial charge < -0.3 is 15.2 Å². The lowest BCUT2D eigenvalue weighted by molar-refractivity contribution is 0.481. The van der Waals surface area contributed by atoms with Crippen LogP contribution in [-0.2, 0) is 19.5 Å². The van der Waals surface area contributed by atoms with Crippen LogP contribution in [0.2, 0.25) is 0 Å². The first-order valence-electron chi connectivity index (χ1n) is 9.30. The van der Waals surface area contributed by atoms with E-state index in [1.807, 2.05) is 0 Å². The molecule has 1 aromatic rings. The van der Waals surface area contributed by atoms with Crippen molar-refractivity contribution in [2.24, 2.45) is 10.9 Å². The molecule has 0 spiro atoms. The SMILES string of the molecule is CCNC(=NCc1nnc2n1CCC2)NCCCC1CCCC1.I. The highest BCUT2D eigenvalue weighted by atomic mass is 127. The maximum absolute atomic E-state index is 4.67. The zero-order chi connectivity index (χ0) is 15.9. The first-order valence-corrected chi connectivity index (χ1v) is 9.30. The van der Waals surface area contributed by atoms with Crippen molar-refractivity contribution in [3.63, 3.8) is 0 Å². The summed E-state index contributed by atoms with van der Waals surface area (Å²) < 4.78 is 2.22. The van der Waals surface area contributed by atoms with Crippen LogP contribution in [-0.4, -0.2) is 33.8 Å². The van der Waals surface area contributed by atoms with Crippen LogP contribution in [0.3, 0.4) is 0 Å². The molecular weight excluding hydrogens is 415 g/mol. The molecule has 0 saturated heterocycles. The lowest BCUT2D eigenvalue weighted by Crippen LogP contribution is -2.37. The van der Waals surface area contributed by atoms with E-state index in [9.17, 15) is 0 Å². The van der Waals surface area contributed by atoms with Gasteiger partial charge in [-0.25, -0.2) is 4.99 Å². The van der Waals surface area contributed by atoms with E-state index in [-0.39, 0.29) is 24.0 Å². The number of nitrogens with one attached hydrogen (secondary N) is 2. The summed E-state index contributed by atoms with van der Waals surface area (Å²) in [4.78, 5) is 4.67. The molecule has 6 nitrogen and oxygen atoms in total. The van der Waals surface area contributed by atoms with Gasteiger partial charge in [-0.3, -0.25) is 0 Å². The van der Waals surface area contributed by atoms with Crippen LogP contribution in [0.1, 0.15) is 63.5 Å². The topological polar surface area (TPSA) is 67.1 Å². The van der Waals surface area contributed by atoms with Crippen molar-refractivity contribution in [2.75, 3.05) is 13.1 Å². The third-order valence-electron chi connectivity index (χ3n) is 4.97. The second-order valence-corrected chi connectivity index (χ2v) is 6.70. The van der Waals surface area contributed by atoms with E-state index in [0.29, 0.717) is 6.54 Å². The molecule has 1 fully saturated rings. The van der Waals surface area contributed by atoms with Gasteiger partial charge in [-0.15, -0.1) is 34.2 Å². The zero-order valence-corrected chi connectivity index (χ0v) is 17.1. The Morgan fingerprint density at radius 1 is 1.21 bits per heavy atom. The highest BCUT2D eigenvalue weighted by molar-refractivity contribution is 14.0. The van der Waals surface area contributed by atoms with Crippen LogP contribution in [0, 0.1) is 5.92 Å². The molecule has 0 bridgehead atoms. The molecule has 136 valence electrons. The maximum Gasteiger partial charge on any atom is 0.191 e. The van der Waals surface area contributed by atoms with E-state index in [2.05, 4.69) is 37.3 Å². The third kappa shape index (κ3) is 5.32. The van der Waals surface area contributed by atoms with Crippen molar-refractivity contribution in [2.45, 2.75) is 71.4 Å². The van der Waals surface area contributed by atoms with Crippen molar-refractivity contribution >= 4 is 29.9 Å². The second kappa shape index (κ2) is 10.2. The molecule has 0 amide bonds. The zero-order valence-electron chi connectivity index (χ0n) is 14.8. The molecule has 1 aliphatic carbocycles. The van der Waals surface area contributed by atoms with Gasteiger partial charge in [-0.2, -0.15) is 0 Å². The molecule has 0 unspecified atom stereocenters. The number of guanidine groups is 1. The van der Waals surface area contributed by atoms with E-state index >= 15 is 0 Å². The van der Waals surface area contributed by atoms with Gasteiger partial charge in [0.1, 0.15) is 12.4 Å². The Kier molecular flexibility index (Phi) is 8.28. The van der Waals surface area contributed by atoms with Crippen molar-refractivity contribution in [3.8, 4) is 0 Å². The summed E-state index contributed by atoms with van der Waals surface area (Å²) in [5.74, 6) is 3.97. The fourth-order valence-corrected chi connectivity index (χ4v) is 3.72. The first kappa shape index (κ1) is 19.5. The van der Waals surface area contributed by atoms with Crippen molar-refractivity contribution < 1.29 is 0 Å². The number of nitrogens with zero attached hydrogens (tertiary/aromatic N) is 4. The van der Waals surface area contributed by atoms with Crippen LogP contribution < -0.4 is 10.6 Å². The molecular formula is C17H31IN6. The monoisotopic (exact) mass is 446 g/mol. The lowest BCUT2D eigenvalue weighted by atomic mass is 10.0. The number of fused-ring (bicyclic) bond motifs is 1. The Hall–Kier alpha value is -0.860. The molecule has 2 heterocycles. The van der Waals surface area contributed by atoms with Crippen LogP contribution in [0.15, 0.2) is 4.99 Å². The predicted molar refractivity (Wildman–Crippen MR) is 108 cm³/mol. The molecule has 0 aromatic carbocycles. The summed E-state index contributed by atoms with van der Waals surface area (Å²) in [6.45, 7) is 5.63. The minimum atomic E-state index is 0. The number of rotatable bonds is 7. The van der Waals surface area contributed by atoms with Gasteiger partial charge >= 0.3 is 0 Å². The molecule has 2 aliphatic rings. The smallest absolute Gasteiger partial charge is 0.191 e. The number of hydrogen-bond donors (Lipinski definition) is 2. The molecule has 0 radical (unpaired) electrons.